The first-order chi connectivity index (χ1) is 15.1. The van der Waals surface area contributed by atoms with Crippen molar-refractivity contribution in [1.29, 1.82) is 0 Å². The number of pyridine rings is 1. The molecule has 0 aliphatic heterocycles. The first-order valence-electron chi connectivity index (χ1n) is 9.23. The van der Waals surface area contributed by atoms with E-state index < -0.39 is 34.8 Å². The predicted molar refractivity (Wildman–Crippen MR) is 109 cm³/mol. The number of aromatic nitrogens is 1. The van der Waals surface area contributed by atoms with Crippen molar-refractivity contribution in [3.05, 3.63) is 106 Å². The van der Waals surface area contributed by atoms with Crippen molar-refractivity contribution >= 4 is 22.4 Å². The van der Waals surface area contributed by atoms with E-state index in [4.69, 9.17) is 0 Å². The molecule has 4 aromatic rings. The van der Waals surface area contributed by atoms with Crippen LogP contribution in [0.15, 0.2) is 77.7 Å². The van der Waals surface area contributed by atoms with E-state index in [0.717, 1.165) is 41.1 Å². The molecule has 0 atom stereocenters. The summed E-state index contributed by atoms with van der Waals surface area (Å²) in [6.45, 7) is 0. The van der Waals surface area contributed by atoms with E-state index in [2.05, 4.69) is 5.32 Å². The molecule has 1 amide bonds. The van der Waals surface area contributed by atoms with Gasteiger partial charge in [-0.2, -0.15) is 13.2 Å². The monoisotopic (exact) mass is 444 g/mol. The number of amides is 1. The number of carbonyl (C=O) groups is 1. The summed E-state index contributed by atoms with van der Waals surface area (Å²) in [4.78, 5) is 25.9. The van der Waals surface area contributed by atoms with Gasteiger partial charge in [-0.05, 0) is 36.4 Å². The first-order valence-corrected chi connectivity index (χ1v) is 9.23. The standard InChI is InChI=1S/C23H13F5N2O2/c24-14-8-9-20(19(25)11-14)30-12-18(16-6-1-2-7-17(16)22(30)32)21(31)29-15-5-3-4-13(10-15)23(26,27)28/h1-12H,(H,29,31). The minimum atomic E-state index is -4.60. The van der Waals surface area contributed by atoms with Crippen LogP contribution in [-0.2, 0) is 6.18 Å². The normalized spacial score (nSPS) is 11.5. The molecule has 0 bridgehead atoms. The molecule has 32 heavy (non-hydrogen) atoms. The van der Waals surface area contributed by atoms with Crippen molar-refractivity contribution in [3.63, 3.8) is 0 Å². The number of hydrogen-bond donors (Lipinski definition) is 1. The number of nitrogens with one attached hydrogen (secondary N) is 1. The van der Waals surface area contributed by atoms with Crippen molar-refractivity contribution in [3.8, 4) is 5.69 Å². The molecule has 1 aromatic heterocycles. The molecular weight excluding hydrogens is 431 g/mol. The zero-order chi connectivity index (χ0) is 23.0. The van der Waals surface area contributed by atoms with Gasteiger partial charge < -0.3 is 5.32 Å². The number of carbonyl (C=O) groups excluding carboxylic acids is 1. The number of benzene rings is 3. The van der Waals surface area contributed by atoms with E-state index in [0.29, 0.717) is 6.07 Å². The van der Waals surface area contributed by atoms with Crippen LogP contribution in [0.1, 0.15) is 15.9 Å². The lowest BCUT2D eigenvalue weighted by molar-refractivity contribution is -0.137. The van der Waals surface area contributed by atoms with Gasteiger partial charge in [0.2, 0.25) is 0 Å². The van der Waals surface area contributed by atoms with E-state index in [1.165, 1.54) is 18.2 Å². The fourth-order valence-corrected chi connectivity index (χ4v) is 3.30. The fourth-order valence-electron chi connectivity index (χ4n) is 3.30. The number of hydrogen-bond acceptors (Lipinski definition) is 2. The summed E-state index contributed by atoms with van der Waals surface area (Å²) in [5, 5.41) is 2.68. The summed E-state index contributed by atoms with van der Waals surface area (Å²) < 4.78 is 67.4. The summed E-state index contributed by atoms with van der Waals surface area (Å²) in [7, 11) is 0. The molecule has 0 fully saturated rings. The maximum atomic E-state index is 14.3. The maximum absolute atomic E-state index is 14.3. The molecule has 0 saturated heterocycles. The lowest BCUT2D eigenvalue weighted by Crippen LogP contribution is -2.23. The van der Waals surface area contributed by atoms with E-state index >= 15 is 0 Å². The van der Waals surface area contributed by atoms with E-state index in [1.807, 2.05) is 0 Å². The molecule has 1 N–H and O–H groups in total. The molecule has 0 saturated carbocycles. The molecule has 3 aromatic carbocycles. The Bertz CT molecular complexity index is 1410. The lowest BCUT2D eigenvalue weighted by Gasteiger charge is -2.14. The number of alkyl halides is 3. The summed E-state index contributed by atoms with van der Waals surface area (Å²) in [5.41, 5.74) is -2.07. The van der Waals surface area contributed by atoms with Gasteiger partial charge in [0.1, 0.15) is 11.6 Å². The smallest absolute Gasteiger partial charge is 0.322 e. The van der Waals surface area contributed by atoms with Crippen molar-refractivity contribution in [1.82, 2.24) is 4.57 Å². The van der Waals surface area contributed by atoms with Crippen molar-refractivity contribution < 1.29 is 26.7 Å². The van der Waals surface area contributed by atoms with Crippen molar-refractivity contribution in [2.75, 3.05) is 5.32 Å². The summed E-state index contributed by atoms with van der Waals surface area (Å²) in [5.74, 6) is -2.67. The highest BCUT2D eigenvalue weighted by Gasteiger charge is 2.30. The molecule has 0 spiro atoms. The van der Waals surface area contributed by atoms with Gasteiger partial charge in [-0.25, -0.2) is 8.78 Å². The van der Waals surface area contributed by atoms with Crippen LogP contribution in [-0.4, -0.2) is 10.5 Å². The molecule has 9 heteroatoms. The van der Waals surface area contributed by atoms with Crippen LogP contribution < -0.4 is 10.9 Å². The number of halogens is 5. The van der Waals surface area contributed by atoms with Gasteiger partial charge in [-0.1, -0.05) is 24.3 Å². The third-order valence-corrected chi connectivity index (χ3v) is 4.79. The Morgan fingerprint density at radius 2 is 1.59 bits per heavy atom. The minimum Gasteiger partial charge on any atom is -0.322 e. The third-order valence-electron chi connectivity index (χ3n) is 4.79. The molecule has 0 aliphatic rings. The molecular formula is C23H13F5N2O2. The highest BCUT2D eigenvalue weighted by Crippen LogP contribution is 2.31. The quantitative estimate of drug-likeness (QED) is 0.422. The lowest BCUT2D eigenvalue weighted by atomic mass is 10.1. The van der Waals surface area contributed by atoms with Gasteiger partial charge in [0.25, 0.3) is 11.5 Å². The molecule has 0 unspecified atom stereocenters. The Morgan fingerprint density at radius 1 is 0.875 bits per heavy atom. The van der Waals surface area contributed by atoms with Crippen molar-refractivity contribution in [2.45, 2.75) is 6.18 Å². The number of rotatable bonds is 3. The SMILES string of the molecule is O=C(Nc1cccc(C(F)(F)F)c1)c1cn(-c2ccc(F)cc2F)c(=O)c2ccccc12. The Balaban J connectivity index is 1.84. The Morgan fingerprint density at radius 3 is 2.28 bits per heavy atom. The first kappa shape index (κ1) is 21.2. The van der Waals surface area contributed by atoms with Crippen LogP contribution >= 0.6 is 0 Å². The number of anilines is 1. The van der Waals surface area contributed by atoms with E-state index in [1.54, 1.807) is 12.1 Å². The molecule has 4 nitrogen and oxygen atoms in total. The molecule has 0 radical (unpaired) electrons. The minimum absolute atomic E-state index is 0.0768. The molecule has 0 aliphatic carbocycles. The van der Waals surface area contributed by atoms with Gasteiger partial charge in [-0.3, -0.25) is 14.2 Å². The van der Waals surface area contributed by atoms with Crippen LogP contribution in [0.2, 0.25) is 0 Å². The van der Waals surface area contributed by atoms with Gasteiger partial charge in [0, 0.05) is 28.7 Å². The van der Waals surface area contributed by atoms with Crippen LogP contribution in [0, 0.1) is 11.6 Å². The van der Waals surface area contributed by atoms with E-state index in [-0.39, 0.29) is 27.7 Å². The van der Waals surface area contributed by atoms with Crippen LogP contribution in [0.3, 0.4) is 0 Å². The van der Waals surface area contributed by atoms with Crippen LogP contribution in [0.5, 0.6) is 0 Å². The highest BCUT2D eigenvalue weighted by molar-refractivity contribution is 6.12. The number of fused-ring (bicyclic) bond motifs is 1. The molecule has 162 valence electrons. The zero-order valence-corrected chi connectivity index (χ0v) is 16.1. The largest absolute Gasteiger partial charge is 0.416 e. The second-order valence-corrected chi connectivity index (χ2v) is 6.89. The summed E-state index contributed by atoms with van der Waals surface area (Å²) in [6, 6.07) is 12.7. The summed E-state index contributed by atoms with van der Waals surface area (Å²) >= 11 is 0. The Labute approximate surface area is 177 Å². The van der Waals surface area contributed by atoms with Crippen LogP contribution in [0.25, 0.3) is 16.5 Å². The molecule has 1 heterocycles. The maximum Gasteiger partial charge on any atom is 0.416 e. The van der Waals surface area contributed by atoms with Crippen molar-refractivity contribution in [2.24, 2.45) is 0 Å². The van der Waals surface area contributed by atoms with Gasteiger partial charge >= 0.3 is 6.18 Å². The van der Waals surface area contributed by atoms with Gasteiger partial charge in [0.15, 0.2) is 0 Å². The number of nitrogens with zero attached hydrogens (tertiary/aromatic N) is 1. The summed E-state index contributed by atoms with van der Waals surface area (Å²) in [6.07, 6.45) is -3.52. The highest BCUT2D eigenvalue weighted by atomic mass is 19.4. The van der Waals surface area contributed by atoms with Gasteiger partial charge in [-0.15, -0.1) is 0 Å². The topological polar surface area (TPSA) is 51.1 Å². The average Bonchev–Trinajstić information content (AvgIpc) is 2.74. The van der Waals surface area contributed by atoms with Crippen LogP contribution in [0.4, 0.5) is 27.6 Å². The second kappa shape index (κ2) is 7.92. The predicted octanol–water partition coefficient (Wildman–Crippen LogP) is 5.54. The van der Waals surface area contributed by atoms with E-state index in [9.17, 15) is 31.5 Å². The third kappa shape index (κ3) is 3.96. The Hall–Kier alpha value is -4.01. The zero-order valence-electron chi connectivity index (χ0n) is 16.1. The Kier molecular flexibility index (Phi) is 5.25. The second-order valence-electron chi connectivity index (χ2n) is 6.89. The fraction of sp³-hybridized carbons (Fsp3) is 0.0435. The average molecular weight is 444 g/mol. The molecule has 4 rings (SSSR count). The van der Waals surface area contributed by atoms with Gasteiger partial charge in [0.05, 0.1) is 16.8 Å².